The number of amides is 1. The molecule has 0 unspecified atom stereocenters. The van der Waals surface area contributed by atoms with Crippen LogP contribution in [0.15, 0.2) is 75.9 Å². The van der Waals surface area contributed by atoms with Gasteiger partial charge < -0.3 is 14.5 Å². The molecule has 1 N–H and O–H groups in total. The van der Waals surface area contributed by atoms with Gasteiger partial charge in [0.1, 0.15) is 5.75 Å². The summed E-state index contributed by atoms with van der Waals surface area (Å²) in [5, 5.41) is 3.19. The molecule has 0 aliphatic carbocycles. The zero-order valence-electron chi connectivity index (χ0n) is 15.5. The Hall–Kier alpha value is -3.51. The highest BCUT2D eigenvalue weighted by Crippen LogP contribution is 2.27. The van der Waals surface area contributed by atoms with Crippen molar-refractivity contribution in [2.45, 2.75) is 6.54 Å². The van der Waals surface area contributed by atoms with Crippen molar-refractivity contribution in [1.29, 1.82) is 0 Å². The summed E-state index contributed by atoms with van der Waals surface area (Å²) in [4.78, 5) is 25.0. The van der Waals surface area contributed by atoms with Crippen LogP contribution in [0.1, 0.15) is 15.9 Å². The van der Waals surface area contributed by atoms with Crippen LogP contribution in [0.4, 0.5) is 5.69 Å². The Kier molecular flexibility index (Phi) is 5.10. The number of nitrogens with one attached hydrogen (secondary N) is 1. The maximum absolute atomic E-state index is 12.7. The zero-order chi connectivity index (χ0) is 20.4. The van der Waals surface area contributed by atoms with Gasteiger partial charge in [-0.05, 0) is 42.0 Å². The van der Waals surface area contributed by atoms with Crippen molar-refractivity contribution in [3.8, 4) is 5.75 Å². The number of oxazole rings is 1. The highest BCUT2D eigenvalue weighted by molar-refractivity contribution is 6.32. The van der Waals surface area contributed by atoms with Gasteiger partial charge in [0, 0.05) is 11.3 Å². The Morgan fingerprint density at radius 2 is 1.90 bits per heavy atom. The second kappa shape index (κ2) is 7.85. The highest BCUT2D eigenvalue weighted by Gasteiger charge is 2.14. The van der Waals surface area contributed by atoms with Crippen molar-refractivity contribution in [2.75, 3.05) is 12.4 Å². The van der Waals surface area contributed by atoms with Crippen LogP contribution in [0.2, 0.25) is 5.02 Å². The van der Waals surface area contributed by atoms with Crippen LogP contribution in [0.5, 0.6) is 5.75 Å². The van der Waals surface area contributed by atoms with E-state index in [0.29, 0.717) is 39.7 Å². The number of hydrogen-bond donors (Lipinski definition) is 1. The van der Waals surface area contributed by atoms with E-state index in [1.54, 1.807) is 36.4 Å². The maximum atomic E-state index is 12.7. The smallest absolute Gasteiger partial charge is 0.420 e. The molecule has 146 valence electrons. The normalized spacial score (nSPS) is 10.8. The lowest BCUT2D eigenvalue weighted by Gasteiger charge is -2.08. The molecule has 0 fully saturated rings. The second-order valence-electron chi connectivity index (χ2n) is 6.43. The van der Waals surface area contributed by atoms with Crippen molar-refractivity contribution in [2.24, 2.45) is 0 Å². The lowest BCUT2D eigenvalue weighted by atomic mass is 10.1. The number of benzene rings is 3. The van der Waals surface area contributed by atoms with Crippen LogP contribution in [0.3, 0.4) is 0 Å². The van der Waals surface area contributed by atoms with Crippen LogP contribution in [-0.2, 0) is 6.54 Å². The highest BCUT2D eigenvalue weighted by atomic mass is 35.5. The number of methoxy groups -OCH3 is 1. The summed E-state index contributed by atoms with van der Waals surface area (Å²) in [5.41, 5.74) is 2.87. The van der Waals surface area contributed by atoms with Crippen LogP contribution in [-0.4, -0.2) is 17.6 Å². The minimum absolute atomic E-state index is 0.326. The molecule has 1 heterocycles. The number of rotatable bonds is 5. The molecule has 7 heteroatoms. The van der Waals surface area contributed by atoms with Gasteiger partial charge in [-0.25, -0.2) is 4.79 Å². The monoisotopic (exact) mass is 408 g/mol. The van der Waals surface area contributed by atoms with Gasteiger partial charge in [0.2, 0.25) is 0 Å². The van der Waals surface area contributed by atoms with Gasteiger partial charge in [0.25, 0.3) is 5.91 Å². The molecule has 4 aromatic rings. The molecule has 0 atom stereocenters. The predicted octanol–water partition coefficient (Wildman–Crippen LogP) is 4.56. The number of hydrogen-bond acceptors (Lipinski definition) is 4. The van der Waals surface area contributed by atoms with Crippen LogP contribution in [0.25, 0.3) is 11.1 Å². The average molecular weight is 409 g/mol. The van der Waals surface area contributed by atoms with E-state index >= 15 is 0 Å². The van der Waals surface area contributed by atoms with E-state index in [2.05, 4.69) is 5.32 Å². The third-order valence-corrected chi connectivity index (χ3v) is 4.82. The molecular formula is C22H17ClN2O4. The summed E-state index contributed by atoms with van der Waals surface area (Å²) in [7, 11) is 1.52. The van der Waals surface area contributed by atoms with E-state index in [4.69, 9.17) is 20.8 Å². The molecule has 0 saturated carbocycles. The molecule has 0 aliphatic heterocycles. The molecule has 6 nitrogen and oxygen atoms in total. The standard InChI is InChI=1S/C22H17ClN2O4/c1-28-19-10-8-16(12-17(19)23)24-21(26)15-7-9-20-18(11-15)25(22(27)29-20)13-14-5-3-2-4-6-14/h2-12H,13H2,1H3,(H,24,26). The van der Waals surface area contributed by atoms with Crippen molar-refractivity contribution in [3.63, 3.8) is 0 Å². The molecule has 0 aliphatic rings. The summed E-state index contributed by atoms with van der Waals surface area (Å²) in [6, 6.07) is 19.4. The van der Waals surface area contributed by atoms with Crippen molar-refractivity contribution < 1.29 is 13.9 Å². The lowest BCUT2D eigenvalue weighted by Crippen LogP contribution is -2.15. The number of carbonyl (C=O) groups is 1. The first-order valence-corrected chi connectivity index (χ1v) is 9.25. The van der Waals surface area contributed by atoms with Crippen LogP contribution >= 0.6 is 11.6 Å². The molecule has 0 bridgehead atoms. The minimum Gasteiger partial charge on any atom is -0.495 e. The summed E-state index contributed by atoms with van der Waals surface area (Å²) < 4.78 is 11.9. The Balaban J connectivity index is 1.64. The summed E-state index contributed by atoms with van der Waals surface area (Å²) in [6.07, 6.45) is 0. The van der Waals surface area contributed by atoms with Gasteiger partial charge in [-0.15, -0.1) is 0 Å². The quantitative estimate of drug-likeness (QED) is 0.525. The number of ether oxygens (including phenoxy) is 1. The van der Waals surface area contributed by atoms with Crippen molar-refractivity contribution >= 4 is 34.3 Å². The first kappa shape index (κ1) is 18.8. The van der Waals surface area contributed by atoms with E-state index in [1.807, 2.05) is 30.3 Å². The molecular weight excluding hydrogens is 392 g/mol. The largest absolute Gasteiger partial charge is 0.495 e. The Bertz CT molecular complexity index is 1240. The number of halogens is 1. The van der Waals surface area contributed by atoms with E-state index in [9.17, 15) is 9.59 Å². The molecule has 0 radical (unpaired) electrons. The Labute approximate surface area is 171 Å². The minimum atomic E-state index is -0.469. The summed E-state index contributed by atoms with van der Waals surface area (Å²) >= 11 is 6.11. The Morgan fingerprint density at radius 3 is 2.62 bits per heavy atom. The first-order chi connectivity index (χ1) is 14.0. The van der Waals surface area contributed by atoms with Gasteiger partial charge in [0.05, 0.1) is 24.2 Å². The first-order valence-electron chi connectivity index (χ1n) is 8.87. The van der Waals surface area contributed by atoms with Gasteiger partial charge in [0.15, 0.2) is 5.58 Å². The second-order valence-corrected chi connectivity index (χ2v) is 6.83. The van der Waals surface area contributed by atoms with Crippen LogP contribution < -0.4 is 15.8 Å². The van der Waals surface area contributed by atoms with Crippen LogP contribution in [0, 0.1) is 0 Å². The molecule has 0 saturated heterocycles. The molecule has 1 aromatic heterocycles. The predicted molar refractivity (Wildman–Crippen MR) is 112 cm³/mol. The topological polar surface area (TPSA) is 73.5 Å². The molecule has 29 heavy (non-hydrogen) atoms. The zero-order valence-corrected chi connectivity index (χ0v) is 16.3. The van der Waals surface area contributed by atoms with Crippen molar-refractivity contribution in [1.82, 2.24) is 4.57 Å². The average Bonchev–Trinajstić information content (AvgIpc) is 3.03. The third kappa shape index (κ3) is 3.88. The maximum Gasteiger partial charge on any atom is 0.420 e. The number of anilines is 1. The number of fused-ring (bicyclic) bond motifs is 1. The van der Waals surface area contributed by atoms with Gasteiger partial charge in [-0.3, -0.25) is 9.36 Å². The summed E-state index contributed by atoms with van der Waals surface area (Å²) in [5.74, 6) is -0.272. The Morgan fingerprint density at radius 1 is 1.10 bits per heavy atom. The van der Waals surface area contributed by atoms with E-state index < -0.39 is 5.76 Å². The molecule has 0 spiro atoms. The number of carbonyl (C=O) groups excluding carboxylic acids is 1. The fourth-order valence-corrected chi connectivity index (χ4v) is 3.32. The van der Waals surface area contributed by atoms with E-state index in [-0.39, 0.29) is 5.91 Å². The van der Waals surface area contributed by atoms with Gasteiger partial charge in [-0.2, -0.15) is 0 Å². The molecule has 1 amide bonds. The molecule has 3 aromatic carbocycles. The summed E-state index contributed by atoms with van der Waals surface area (Å²) in [6.45, 7) is 0.353. The molecule has 4 rings (SSSR count). The lowest BCUT2D eigenvalue weighted by molar-refractivity contribution is 0.102. The fraction of sp³-hybridized carbons (Fsp3) is 0.0909. The van der Waals surface area contributed by atoms with E-state index in [0.717, 1.165) is 5.56 Å². The number of nitrogens with zero attached hydrogens (tertiary/aromatic N) is 1. The fourth-order valence-electron chi connectivity index (χ4n) is 3.07. The van der Waals surface area contributed by atoms with Crippen molar-refractivity contribution in [3.05, 3.63) is 93.4 Å². The van der Waals surface area contributed by atoms with Gasteiger partial charge in [-0.1, -0.05) is 41.9 Å². The number of aromatic nitrogens is 1. The van der Waals surface area contributed by atoms with E-state index in [1.165, 1.54) is 11.7 Å². The SMILES string of the molecule is COc1ccc(NC(=O)c2ccc3oc(=O)n(Cc4ccccc4)c3c2)cc1Cl. The third-order valence-electron chi connectivity index (χ3n) is 4.52. The van der Waals surface area contributed by atoms with Gasteiger partial charge >= 0.3 is 5.76 Å².